The number of benzene rings is 1. The molecule has 0 radical (unpaired) electrons. The fourth-order valence-electron chi connectivity index (χ4n) is 2.45. The van der Waals surface area contributed by atoms with E-state index in [9.17, 15) is 4.79 Å². The zero-order chi connectivity index (χ0) is 18.4. The summed E-state index contributed by atoms with van der Waals surface area (Å²) in [5.41, 5.74) is 2.40. The minimum absolute atomic E-state index is 0.149. The van der Waals surface area contributed by atoms with Gasteiger partial charge in [-0.05, 0) is 38.3 Å². The van der Waals surface area contributed by atoms with Gasteiger partial charge in [0.1, 0.15) is 5.69 Å². The SMILES string of the molecule is Cc1cc(C(=O)NCC(C)C)nc(N(Cc2ccccc2)C(C)C)n1. The number of amides is 1. The van der Waals surface area contributed by atoms with Crippen molar-refractivity contribution < 1.29 is 4.79 Å². The summed E-state index contributed by atoms with van der Waals surface area (Å²) in [5.74, 6) is 0.842. The van der Waals surface area contributed by atoms with Crippen molar-refractivity contribution in [2.24, 2.45) is 5.92 Å². The molecule has 2 aromatic rings. The van der Waals surface area contributed by atoms with Crippen molar-refractivity contribution in [3.8, 4) is 0 Å². The Kier molecular flexibility index (Phi) is 6.51. The van der Waals surface area contributed by atoms with Crippen molar-refractivity contribution in [3.63, 3.8) is 0 Å². The standard InChI is InChI=1S/C20H28N4O/c1-14(2)12-21-19(25)18-11-16(5)22-20(23-18)24(15(3)4)13-17-9-7-6-8-10-17/h6-11,14-15H,12-13H2,1-5H3,(H,21,25). The lowest BCUT2D eigenvalue weighted by atomic mass is 10.2. The van der Waals surface area contributed by atoms with Crippen LogP contribution in [0, 0.1) is 12.8 Å². The maximum absolute atomic E-state index is 12.4. The summed E-state index contributed by atoms with van der Waals surface area (Å²) < 4.78 is 0. The van der Waals surface area contributed by atoms with Crippen molar-refractivity contribution >= 4 is 11.9 Å². The summed E-state index contributed by atoms with van der Waals surface area (Å²) in [6.07, 6.45) is 0. The number of nitrogens with one attached hydrogen (secondary N) is 1. The second-order valence-corrected chi connectivity index (χ2v) is 7.01. The van der Waals surface area contributed by atoms with E-state index in [2.05, 4.69) is 60.0 Å². The second-order valence-electron chi connectivity index (χ2n) is 7.01. The third-order valence-electron chi connectivity index (χ3n) is 3.82. The van der Waals surface area contributed by atoms with Gasteiger partial charge in [-0.1, -0.05) is 44.2 Å². The van der Waals surface area contributed by atoms with Crippen molar-refractivity contribution in [2.45, 2.75) is 47.2 Å². The van der Waals surface area contributed by atoms with Gasteiger partial charge in [-0.3, -0.25) is 4.79 Å². The molecular formula is C20H28N4O. The van der Waals surface area contributed by atoms with Crippen LogP contribution in [0.15, 0.2) is 36.4 Å². The number of aromatic nitrogens is 2. The van der Waals surface area contributed by atoms with Crippen LogP contribution in [0.25, 0.3) is 0 Å². The number of rotatable bonds is 7. The topological polar surface area (TPSA) is 58.1 Å². The molecule has 0 atom stereocenters. The number of hydrogen-bond acceptors (Lipinski definition) is 4. The van der Waals surface area contributed by atoms with Gasteiger partial charge in [0.2, 0.25) is 5.95 Å². The first-order chi connectivity index (χ1) is 11.9. The molecule has 0 bridgehead atoms. The predicted molar refractivity (Wildman–Crippen MR) is 102 cm³/mol. The van der Waals surface area contributed by atoms with Crippen LogP contribution in [0.1, 0.15) is 49.4 Å². The summed E-state index contributed by atoms with van der Waals surface area (Å²) in [6, 6.07) is 12.2. The molecule has 5 nitrogen and oxygen atoms in total. The molecule has 0 aliphatic heterocycles. The van der Waals surface area contributed by atoms with Crippen LogP contribution in [-0.2, 0) is 6.54 Å². The minimum Gasteiger partial charge on any atom is -0.350 e. The molecule has 0 spiro atoms. The van der Waals surface area contributed by atoms with Gasteiger partial charge in [0.05, 0.1) is 0 Å². The highest BCUT2D eigenvalue weighted by molar-refractivity contribution is 5.92. The van der Waals surface area contributed by atoms with Gasteiger partial charge in [-0.15, -0.1) is 0 Å². The molecule has 1 aromatic carbocycles. The molecule has 5 heteroatoms. The second kappa shape index (κ2) is 8.60. The van der Waals surface area contributed by atoms with Crippen molar-refractivity contribution in [1.29, 1.82) is 0 Å². The summed E-state index contributed by atoms with van der Waals surface area (Å²) in [7, 11) is 0. The lowest BCUT2D eigenvalue weighted by molar-refractivity contribution is 0.0943. The lowest BCUT2D eigenvalue weighted by Crippen LogP contribution is -2.33. The number of hydrogen-bond donors (Lipinski definition) is 1. The molecular weight excluding hydrogens is 312 g/mol. The Balaban J connectivity index is 2.27. The molecule has 0 aliphatic carbocycles. The molecule has 0 saturated carbocycles. The number of aryl methyl sites for hydroxylation is 1. The monoisotopic (exact) mass is 340 g/mol. The van der Waals surface area contributed by atoms with Gasteiger partial charge in [0.15, 0.2) is 0 Å². The van der Waals surface area contributed by atoms with E-state index in [0.29, 0.717) is 30.6 Å². The van der Waals surface area contributed by atoms with E-state index in [-0.39, 0.29) is 11.9 Å². The van der Waals surface area contributed by atoms with E-state index >= 15 is 0 Å². The summed E-state index contributed by atoms with van der Waals surface area (Å²) >= 11 is 0. The normalized spacial score (nSPS) is 11.0. The van der Waals surface area contributed by atoms with Crippen LogP contribution in [-0.4, -0.2) is 28.5 Å². The smallest absolute Gasteiger partial charge is 0.270 e. The average Bonchev–Trinajstić information content (AvgIpc) is 2.57. The Bertz CT molecular complexity index is 698. The summed E-state index contributed by atoms with van der Waals surface area (Å²) in [6.45, 7) is 11.6. The zero-order valence-electron chi connectivity index (χ0n) is 15.8. The van der Waals surface area contributed by atoms with E-state index in [1.54, 1.807) is 6.07 Å². The highest BCUT2D eigenvalue weighted by Gasteiger charge is 2.18. The van der Waals surface area contributed by atoms with Gasteiger partial charge in [-0.25, -0.2) is 9.97 Å². The molecule has 0 aliphatic rings. The predicted octanol–water partition coefficient (Wildman–Crippen LogP) is 3.59. The summed E-state index contributed by atoms with van der Waals surface area (Å²) in [4.78, 5) is 23.6. The Morgan fingerprint density at radius 2 is 1.80 bits per heavy atom. The molecule has 0 unspecified atom stereocenters. The van der Waals surface area contributed by atoms with Crippen LogP contribution in [0.2, 0.25) is 0 Å². The highest BCUT2D eigenvalue weighted by Crippen LogP contribution is 2.17. The molecule has 1 amide bonds. The Morgan fingerprint density at radius 3 is 2.40 bits per heavy atom. The van der Waals surface area contributed by atoms with E-state index in [1.165, 1.54) is 5.56 Å². The Labute approximate surface area is 150 Å². The van der Waals surface area contributed by atoms with E-state index in [1.807, 2.05) is 25.1 Å². The van der Waals surface area contributed by atoms with Gasteiger partial charge in [-0.2, -0.15) is 0 Å². The molecule has 0 fully saturated rings. The Morgan fingerprint density at radius 1 is 1.12 bits per heavy atom. The van der Waals surface area contributed by atoms with Crippen LogP contribution in [0.4, 0.5) is 5.95 Å². The minimum atomic E-state index is -0.149. The summed E-state index contributed by atoms with van der Waals surface area (Å²) in [5, 5.41) is 2.92. The first-order valence-corrected chi connectivity index (χ1v) is 8.81. The van der Waals surface area contributed by atoms with Gasteiger partial charge in [0, 0.05) is 24.8 Å². The van der Waals surface area contributed by atoms with Crippen molar-refractivity contribution in [2.75, 3.05) is 11.4 Å². The maximum Gasteiger partial charge on any atom is 0.270 e. The zero-order valence-corrected chi connectivity index (χ0v) is 15.8. The van der Waals surface area contributed by atoms with E-state index < -0.39 is 0 Å². The fraction of sp³-hybridized carbons (Fsp3) is 0.450. The fourth-order valence-corrected chi connectivity index (χ4v) is 2.45. The van der Waals surface area contributed by atoms with E-state index in [4.69, 9.17) is 0 Å². The molecule has 1 N–H and O–H groups in total. The average molecular weight is 340 g/mol. The van der Waals surface area contributed by atoms with Gasteiger partial charge >= 0.3 is 0 Å². The van der Waals surface area contributed by atoms with Crippen molar-refractivity contribution in [3.05, 3.63) is 53.3 Å². The number of carbonyl (C=O) groups excluding carboxylic acids is 1. The molecule has 0 saturated heterocycles. The Hall–Kier alpha value is -2.43. The van der Waals surface area contributed by atoms with Gasteiger partial charge < -0.3 is 10.2 Å². The molecule has 25 heavy (non-hydrogen) atoms. The molecule has 134 valence electrons. The van der Waals surface area contributed by atoms with Crippen LogP contribution in [0.3, 0.4) is 0 Å². The van der Waals surface area contributed by atoms with Crippen molar-refractivity contribution in [1.82, 2.24) is 15.3 Å². The molecule has 1 heterocycles. The third kappa shape index (κ3) is 5.55. The van der Waals surface area contributed by atoms with Crippen LogP contribution < -0.4 is 10.2 Å². The van der Waals surface area contributed by atoms with Crippen LogP contribution in [0.5, 0.6) is 0 Å². The largest absolute Gasteiger partial charge is 0.350 e. The molecule has 1 aromatic heterocycles. The first kappa shape index (κ1) is 18.9. The highest BCUT2D eigenvalue weighted by atomic mass is 16.1. The maximum atomic E-state index is 12.4. The lowest BCUT2D eigenvalue weighted by Gasteiger charge is -2.27. The van der Waals surface area contributed by atoms with Crippen LogP contribution >= 0.6 is 0 Å². The quantitative estimate of drug-likeness (QED) is 0.837. The first-order valence-electron chi connectivity index (χ1n) is 8.81. The molecule has 2 rings (SSSR count). The number of nitrogens with zero attached hydrogens (tertiary/aromatic N) is 3. The van der Waals surface area contributed by atoms with Gasteiger partial charge in [0.25, 0.3) is 5.91 Å². The number of carbonyl (C=O) groups is 1. The number of anilines is 1. The van der Waals surface area contributed by atoms with E-state index in [0.717, 1.165) is 5.69 Å². The third-order valence-corrected chi connectivity index (χ3v) is 3.82.